The van der Waals surface area contributed by atoms with Gasteiger partial charge in [-0.1, -0.05) is 42.5 Å². The van der Waals surface area contributed by atoms with Gasteiger partial charge in [-0.25, -0.2) is 0 Å². The van der Waals surface area contributed by atoms with Crippen molar-refractivity contribution in [3.05, 3.63) is 113 Å². The van der Waals surface area contributed by atoms with Crippen molar-refractivity contribution < 1.29 is 14.3 Å². The van der Waals surface area contributed by atoms with Crippen molar-refractivity contribution in [1.29, 1.82) is 0 Å². The van der Waals surface area contributed by atoms with Gasteiger partial charge in [-0.2, -0.15) is 5.10 Å². The molecule has 4 rings (SSSR count). The van der Waals surface area contributed by atoms with Gasteiger partial charge in [0.25, 0.3) is 11.8 Å². The Bertz CT molecular complexity index is 1380. The first-order chi connectivity index (χ1) is 17.8. The molecule has 7 heteroatoms. The summed E-state index contributed by atoms with van der Waals surface area (Å²) in [5.41, 5.74) is 5.36. The quantitative estimate of drug-likeness (QED) is 0.320. The number of hydrogen-bond acceptors (Lipinski definition) is 4. The largest absolute Gasteiger partial charge is 0.489 e. The van der Waals surface area contributed by atoms with E-state index < -0.39 is 0 Å². The lowest BCUT2D eigenvalue weighted by Crippen LogP contribution is -2.30. The first kappa shape index (κ1) is 25.7. The summed E-state index contributed by atoms with van der Waals surface area (Å²) in [6.45, 7) is 8.58. The van der Waals surface area contributed by atoms with Crippen molar-refractivity contribution in [2.24, 2.45) is 0 Å². The second-order valence-electron chi connectivity index (χ2n) is 9.28. The summed E-state index contributed by atoms with van der Waals surface area (Å²) < 4.78 is 7.62. The molecule has 0 bridgehead atoms. The van der Waals surface area contributed by atoms with Crippen LogP contribution < -0.4 is 15.4 Å². The third kappa shape index (κ3) is 6.64. The van der Waals surface area contributed by atoms with Gasteiger partial charge in [0.05, 0.1) is 23.6 Å². The maximum absolute atomic E-state index is 13.0. The topological polar surface area (TPSA) is 85.3 Å². The normalized spacial score (nSPS) is 10.8. The first-order valence-electron chi connectivity index (χ1n) is 12.3. The molecule has 1 heterocycles. The zero-order valence-corrected chi connectivity index (χ0v) is 21.6. The number of nitrogens with one attached hydrogen (secondary N) is 2. The Balaban J connectivity index is 1.41. The van der Waals surface area contributed by atoms with Crippen molar-refractivity contribution >= 4 is 17.5 Å². The van der Waals surface area contributed by atoms with Crippen LogP contribution in [0.1, 0.15) is 57.1 Å². The minimum absolute atomic E-state index is 0.0668. The maximum Gasteiger partial charge on any atom is 0.255 e. The third-order valence-corrected chi connectivity index (χ3v) is 5.93. The van der Waals surface area contributed by atoms with E-state index in [2.05, 4.69) is 15.7 Å². The Kier molecular flexibility index (Phi) is 8.03. The molecule has 1 aromatic heterocycles. The number of amides is 2. The molecular formula is C30H32N4O3. The lowest BCUT2D eigenvalue weighted by atomic mass is 10.1. The van der Waals surface area contributed by atoms with Crippen molar-refractivity contribution in [2.75, 3.05) is 5.32 Å². The van der Waals surface area contributed by atoms with Crippen LogP contribution in [0.3, 0.4) is 0 Å². The fourth-order valence-electron chi connectivity index (χ4n) is 3.98. The van der Waals surface area contributed by atoms with E-state index in [-0.39, 0.29) is 17.9 Å². The second-order valence-corrected chi connectivity index (χ2v) is 9.28. The van der Waals surface area contributed by atoms with Crippen LogP contribution in [0.2, 0.25) is 0 Å². The van der Waals surface area contributed by atoms with Crippen LogP contribution in [0.25, 0.3) is 0 Å². The van der Waals surface area contributed by atoms with Crippen LogP contribution in [-0.2, 0) is 13.2 Å². The summed E-state index contributed by atoms with van der Waals surface area (Å²) >= 11 is 0. The van der Waals surface area contributed by atoms with Gasteiger partial charge in [0, 0.05) is 17.2 Å². The highest BCUT2D eigenvalue weighted by Gasteiger charge is 2.16. The number of para-hydroxylation sites is 1. The standard InChI is InChI=1S/C30H32N4O3/c1-20(2)31-30(36)26-10-8-9-24(17-26)18-34-22(4)28(21(3)33-34)32-29(35)25-15-13-23(14-16-25)19-37-27-11-6-5-7-12-27/h5-17,20H,18-19H2,1-4H3,(H,31,36)(H,32,35). The second kappa shape index (κ2) is 11.6. The summed E-state index contributed by atoms with van der Waals surface area (Å²) in [6, 6.07) is 24.6. The monoisotopic (exact) mass is 496 g/mol. The van der Waals surface area contributed by atoms with Gasteiger partial charge in [0.2, 0.25) is 0 Å². The number of anilines is 1. The molecular weight excluding hydrogens is 464 g/mol. The van der Waals surface area contributed by atoms with E-state index >= 15 is 0 Å². The van der Waals surface area contributed by atoms with Crippen LogP contribution in [0.4, 0.5) is 5.69 Å². The Morgan fingerprint density at radius 2 is 1.59 bits per heavy atom. The predicted molar refractivity (Wildman–Crippen MR) is 145 cm³/mol. The molecule has 0 fully saturated rings. The minimum atomic E-state index is -0.200. The van der Waals surface area contributed by atoms with Gasteiger partial charge in [0.1, 0.15) is 12.4 Å². The fourth-order valence-corrected chi connectivity index (χ4v) is 3.98. The number of rotatable bonds is 9. The maximum atomic E-state index is 13.0. The Labute approximate surface area is 217 Å². The van der Waals surface area contributed by atoms with E-state index in [1.54, 1.807) is 18.2 Å². The molecule has 3 aromatic carbocycles. The van der Waals surface area contributed by atoms with E-state index in [9.17, 15) is 9.59 Å². The summed E-state index contributed by atoms with van der Waals surface area (Å²) in [4.78, 5) is 25.3. The first-order valence-corrected chi connectivity index (χ1v) is 12.3. The third-order valence-electron chi connectivity index (χ3n) is 5.93. The van der Waals surface area contributed by atoms with Crippen molar-refractivity contribution in [3.63, 3.8) is 0 Å². The minimum Gasteiger partial charge on any atom is -0.489 e. The number of aromatic nitrogens is 2. The van der Waals surface area contributed by atoms with E-state index in [1.807, 2.05) is 93.0 Å². The number of carbonyl (C=O) groups excluding carboxylic acids is 2. The molecule has 0 aliphatic heterocycles. The summed E-state index contributed by atoms with van der Waals surface area (Å²) in [6.07, 6.45) is 0. The van der Waals surface area contributed by atoms with E-state index in [1.165, 1.54) is 0 Å². The SMILES string of the molecule is Cc1nn(Cc2cccc(C(=O)NC(C)C)c2)c(C)c1NC(=O)c1ccc(COc2ccccc2)cc1. The molecule has 0 saturated heterocycles. The van der Waals surface area contributed by atoms with Crippen LogP contribution >= 0.6 is 0 Å². The molecule has 0 aliphatic carbocycles. The molecule has 7 nitrogen and oxygen atoms in total. The predicted octanol–water partition coefficient (Wildman–Crippen LogP) is 5.52. The molecule has 37 heavy (non-hydrogen) atoms. The Morgan fingerprint density at radius 3 is 2.30 bits per heavy atom. The smallest absolute Gasteiger partial charge is 0.255 e. The number of aryl methyl sites for hydroxylation is 1. The number of benzene rings is 3. The van der Waals surface area contributed by atoms with Crippen LogP contribution in [0, 0.1) is 13.8 Å². The van der Waals surface area contributed by atoms with Gasteiger partial charge < -0.3 is 15.4 Å². The van der Waals surface area contributed by atoms with Gasteiger partial charge in [-0.05, 0) is 75.2 Å². The van der Waals surface area contributed by atoms with Crippen molar-refractivity contribution in [3.8, 4) is 5.75 Å². The van der Waals surface area contributed by atoms with Gasteiger partial charge in [-0.15, -0.1) is 0 Å². The fraction of sp³-hybridized carbons (Fsp3) is 0.233. The van der Waals surface area contributed by atoms with Crippen LogP contribution in [0.5, 0.6) is 5.75 Å². The Hall–Kier alpha value is -4.39. The summed E-state index contributed by atoms with van der Waals surface area (Å²) in [7, 11) is 0. The van der Waals surface area contributed by atoms with E-state index in [0.29, 0.717) is 30.0 Å². The molecule has 0 atom stereocenters. The Morgan fingerprint density at radius 1 is 0.865 bits per heavy atom. The molecule has 0 aliphatic rings. The molecule has 190 valence electrons. The number of hydrogen-bond donors (Lipinski definition) is 2. The zero-order chi connectivity index (χ0) is 26.4. The molecule has 0 unspecified atom stereocenters. The summed E-state index contributed by atoms with van der Waals surface area (Å²) in [5, 5.41) is 10.6. The average Bonchev–Trinajstić information content (AvgIpc) is 3.15. The molecule has 2 N–H and O–H groups in total. The molecule has 0 saturated carbocycles. The van der Waals surface area contributed by atoms with E-state index in [4.69, 9.17) is 4.74 Å². The molecule has 0 spiro atoms. The molecule has 2 amide bonds. The van der Waals surface area contributed by atoms with E-state index in [0.717, 1.165) is 28.3 Å². The highest BCUT2D eigenvalue weighted by atomic mass is 16.5. The molecule has 0 radical (unpaired) electrons. The highest BCUT2D eigenvalue weighted by molar-refractivity contribution is 6.04. The van der Waals surface area contributed by atoms with Gasteiger partial charge in [-0.3, -0.25) is 14.3 Å². The van der Waals surface area contributed by atoms with Gasteiger partial charge >= 0.3 is 0 Å². The van der Waals surface area contributed by atoms with Crippen LogP contribution in [0.15, 0.2) is 78.9 Å². The highest BCUT2D eigenvalue weighted by Crippen LogP contribution is 2.22. The average molecular weight is 497 g/mol. The van der Waals surface area contributed by atoms with Crippen molar-refractivity contribution in [1.82, 2.24) is 15.1 Å². The number of ether oxygens (including phenoxy) is 1. The number of nitrogens with zero attached hydrogens (tertiary/aromatic N) is 2. The number of carbonyl (C=O) groups is 2. The zero-order valence-electron chi connectivity index (χ0n) is 21.6. The van der Waals surface area contributed by atoms with Crippen molar-refractivity contribution in [2.45, 2.75) is 46.9 Å². The lowest BCUT2D eigenvalue weighted by molar-refractivity contribution is 0.0942. The van der Waals surface area contributed by atoms with Crippen LogP contribution in [-0.4, -0.2) is 27.6 Å². The van der Waals surface area contributed by atoms with Gasteiger partial charge in [0.15, 0.2) is 0 Å². The summed E-state index contributed by atoms with van der Waals surface area (Å²) in [5.74, 6) is 0.502. The molecule has 4 aromatic rings. The lowest BCUT2D eigenvalue weighted by Gasteiger charge is -2.11.